The van der Waals surface area contributed by atoms with Crippen LogP contribution in [0.15, 0.2) is 97.2 Å². The van der Waals surface area contributed by atoms with Crippen molar-refractivity contribution < 1.29 is 28.6 Å². The lowest BCUT2D eigenvalue weighted by atomic mass is 10.1. The third-order valence-corrected chi connectivity index (χ3v) is 9.86. The molecule has 0 radical (unpaired) electrons. The van der Waals surface area contributed by atoms with E-state index in [1.54, 1.807) is 6.08 Å². The largest absolute Gasteiger partial charge is 0.462 e. The predicted molar refractivity (Wildman–Crippen MR) is 256 cm³/mol. The van der Waals surface area contributed by atoms with Crippen LogP contribution in [0.25, 0.3) is 0 Å². The van der Waals surface area contributed by atoms with Gasteiger partial charge in [-0.2, -0.15) is 0 Å². The average molecular weight is 833 g/mol. The molecule has 0 aliphatic carbocycles. The van der Waals surface area contributed by atoms with Crippen LogP contribution in [0.2, 0.25) is 0 Å². The molecule has 1 unspecified atom stereocenters. The highest BCUT2D eigenvalue weighted by molar-refractivity contribution is 5.72. The minimum absolute atomic E-state index is 0.0920. The molecule has 0 saturated carbocycles. The number of carbonyl (C=O) groups is 3. The fourth-order valence-electron chi connectivity index (χ4n) is 6.23. The first-order valence-electron chi connectivity index (χ1n) is 24.2. The number of hydrogen-bond acceptors (Lipinski definition) is 6. The van der Waals surface area contributed by atoms with Crippen molar-refractivity contribution in [3.63, 3.8) is 0 Å². The van der Waals surface area contributed by atoms with E-state index in [0.717, 1.165) is 96.3 Å². The molecule has 0 amide bonds. The van der Waals surface area contributed by atoms with Crippen molar-refractivity contribution in [2.45, 2.75) is 213 Å². The van der Waals surface area contributed by atoms with Gasteiger partial charge in [0.25, 0.3) is 0 Å². The summed E-state index contributed by atoms with van der Waals surface area (Å²) in [4.78, 5) is 37.6. The number of esters is 3. The van der Waals surface area contributed by atoms with Gasteiger partial charge in [-0.3, -0.25) is 14.4 Å². The van der Waals surface area contributed by atoms with E-state index >= 15 is 0 Å². The molecule has 0 heterocycles. The number of allylic oxidation sites excluding steroid dienone is 15. The molecule has 0 spiro atoms. The quantitative estimate of drug-likeness (QED) is 0.0264. The van der Waals surface area contributed by atoms with Gasteiger partial charge in [-0.15, -0.1) is 0 Å². The van der Waals surface area contributed by atoms with Crippen molar-refractivity contribution in [3.05, 3.63) is 97.2 Å². The molecule has 0 aromatic rings. The molecule has 0 aromatic carbocycles. The lowest BCUT2D eigenvalue weighted by Gasteiger charge is -2.18. The molecule has 0 saturated heterocycles. The van der Waals surface area contributed by atoms with Crippen LogP contribution in [-0.4, -0.2) is 37.2 Å². The first kappa shape index (κ1) is 56.3. The first-order chi connectivity index (χ1) is 29.5. The maximum atomic E-state index is 12.6. The molecule has 0 bridgehead atoms. The van der Waals surface area contributed by atoms with E-state index < -0.39 is 12.1 Å². The van der Waals surface area contributed by atoms with Gasteiger partial charge in [0, 0.05) is 12.8 Å². The van der Waals surface area contributed by atoms with Crippen molar-refractivity contribution in [1.82, 2.24) is 0 Å². The number of carbonyl (C=O) groups excluding carboxylic acids is 3. The second-order valence-corrected chi connectivity index (χ2v) is 15.7. The van der Waals surface area contributed by atoms with E-state index in [0.29, 0.717) is 12.8 Å². The van der Waals surface area contributed by atoms with Gasteiger partial charge in [-0.25, -0.2) is 0 Å². The number of unbranched alkanes of at least 4 members (excludes halogenated alkanes) is 16. The van der Waals surface area contributed by atoms with Crippen molar-refractivity contribution in [1.29, 1.82) is 0 Å². The van der Waals surface area contributed by atoms with E-state index in [4.69, 9.17) is 14.2 Å². The van der Waals surface area contributed by atoms with Gasteiger partial charge in [-0.05, 0) is 83.5 Å². The Morgan fingerprint density at radius 2 is 0.700 bits per heavy atom. The summed E-state index contributed by atoms with van der Waals surface area (Å²) in [6.45, 7) is 6.33. The molecule has 0 aliphatic heterocycles. The zero-order valence-electron chi connectivity index (χ0n) is 38.7. The Bertz CT molecular complexity index is 1230. The van der Waals surface area contributed by atoms with Crippen LogP contribution >= 0.6 is 0 Å². The minimum atomic E-state index is -0.834. The zero-order chi connectivity index (χ0) is 43.7. The second-order valence-electron chi connectivity index (χ2n) is 15.7. The average Bonchev–Trinajstić information content (AvgIpc) is 3.24. The highest BCUT2D eigenvalue weighted by Gasteiger charge is 2.19. The van der Waals surface area contributed by atoms with Crippen LogP contribution < -0.4 is 0 Å². The number of ether oxygens (including phenoxy) is 3. The van der Waals surface area contributed by atoms with Crippen molar-refractivity contribution in [2.75, 3.05) is 13.2 Å². The molecule has 340 valence electrons. The summed E-state index contributed by atoms with van der Waals surface area (Å²) in [6.07, 6.45) is 63.0. The van der Waals surface area contributed by atoms with E-state index in [-0.39, 0.29) is 31.6 Å². The molecule has 0 fully saturated rings. The Hall–Kier alpha value is -3.67. The summed E-state index contributed by atoms with van der Waals surface area (Å²) in [7, 11) is 0. The predicted octanol–water partition coefficient (Wildman–Crippen LogP) is 15.8. The van der Waals surface area contributed by atoms with Crippen LogP contribution in [0.4, 0.5) is 0 Å². The third kappa shape index (κ3) is 45.4. The van der Waals surface area contributed by atoms with Gasteiger partial charge in [0.05, 0.1) is 6.42 Å². The maximum Gasteiger partial charge on any atom is 0.310 e. The van der Waals surface area contributed by atoms with E-state index in [2.05, 4.69) is 106 Å². The molecule has 0 aliphatic rings. The standard InChI is InChI=1S/C54H88O6/c1-4-7-10-13-16-18-20-22-24-25-26-27-28-29-31-32-34-36-38-41-44-47-53(56)59-50-51(49-58-52(55)46-43-40-15-12-9-6-3)60-54(57)48-45-42-39-37-35-33-30-23-21-19-17-14-11-8-5-2/h8,11,17,19-20,22-23,25-26,28-30,35,37,42,45,51H,4-7,9-10,12-16,18,21,24,27,31-34,36,38-41,43-44,46-50H2,1-3H3/b11-8-,19-17-,22-20-,26-25-,29-28-,30-23-,37-35-,45-42-. The fourth-order valence-corrected chi connectivity index (χ4v) is 6.23. The SMILES string of the molecule is CC/C=C\C/C=C\C/C=C\C/C=C\C/C=C\CC(=O)OC(COC(=O)CCCCCCCC)COC(=O)CCCCCCCC/C=C\C/C=C\C/C=C\CCCCCCC. The molecule has 0 rings (SSSR count). The summed E-state index contributed by atoms with van der Waals surface area (Å²) in [5, 5.41) is 0. The zero-order valence-corrected chi connectivity index (χ0v) is 38.7. The third-order valence-electron chi connectivity index (χ3n) is 9.86. The fraction of sp³-hybridized carbons (Fsp3) is 0.648. The van der Waals surface area contributed by atoms with Crippen LogP contribution in [0.5, 0.6) is 0 Å². The molecule has 6 heteroatoms. The molecule has 0 aromatic heterocycles. The molecule has 0 N–H and O–H groups in total. The summed E-state index contributed by atoms with van der Waals surface area (Å²) < 4.78 is 16.5. The Morgan fingerprint density at radius 3 is 1.10 bits per heavy atom. The molecule has 60 heavy (non-hydrogen) atoms. The van der Waals surface area contributed by atoms with Gasteiger partial charge in [0.1, 0.15) is 13.2 Å². The topological polar surface area (TPSA) is 78.9 Å². The minimum Gasteiger partial charge on any atom is -0.462 e. The van der Waals surface area contributed by atoms with E-state index in [9.17, 15) is 14.4 Å². The van der Waals surface area contributed by atoms with Gasteiger partial charge in [0.15, 0.2) is 6.10 Å². The second kappa shape index (κ2) is 48.0. The summed E-state index contributed by atoms with van der Waals surface area (Å²) in [5.74, 6) is -1.08. The Labute approximate surface area is 368 Å². The summed E-state index contributed by atoms with van der Waals surface area (Å²) >= 11 is 0. The first-order valence-corrected chi connectivity index (χ1v) is 24.2. The monoisotopic (exact) mass is 833 g/mol. The highest BCUT2D eigenvalue weighted by atomic mass is 16.6. The smallest absolute Gasteiger partial charge is 0.310 e. The maximum absolute atomic E-state index is 12.6. The summed E-state index contributed by atoms with van der Waals surface area (Å²) in [6, 6.07) is 0. The lowest BCUT2D eigenvalue weighted by molar-refractivity contribution is -0.166. The van der Waals surface area contributed by atoms with Crippen molar-refractivity contribution in [2.24, 2.45) is 0 Å². The molecule has 1 atom stereocenters. The van der Waals surface area contributed by atoms with Crippen LogP contribution in [0, 0.1) is 0 Å². The van der Waals surface area contributed by atoms with Gasteiger partial charge in [0.2, 0.25) is 0 Å². The highest BCUT2D eigenvalue weighted by Crippen LogP contribution is 2.12. The lowest BCUT2D eigenvalue weighted by Crippen LogP contribution is -2.30. The van der Waals surface area contributed by atoms with Gasteiger partial charge >= 0.3 is 17.9 Å². The van der Waals surface area contributed by atoms with Crippen LogP contribution in [0.3, 0.4) is 0 Å². The van der Waals surface area contributed by atoms with E-state index in [1.165, 1.54) is 70.6 Å². The Balaban J connectivity index is 4.37. The van der Waals surface area contributed by atoms with Crippen LogP contribution in [0.1, 0.15) is 207 Å². The molecule has 6 nitrogen and oxygen atoms in total. The normalized spacial score (nSPS) is 12.9. The summed E-state index contributed by atoms with van der Waals surface area (Å²) in [5.41, 5.74) is 0. The van der Waals surface area contributed by atoms with E-state index in [1.807, 2.05) is 6.08 Å². The Morgan fingerprint density at radius 1 is 0.367 bits per heavy atom. The molecular weight excluding hydrogens is 745 g/mol. The molecular formula is C54H88O6. The van der Waals surface area contributed by atoms with Gasteiger partial charge < -0.3 is 14.2 Å². The Kier molecular flexibility index (Phi) is 45.1. The van der Waals surface area contributed by atoms with Crippen LogP contribution in [-0.2, 0) is 28.6 Å². The number of hydrogen-bond donors (Lipinski definition) is 0. The van der Waals surface area contributed by atoms with Crippen molar-refractivity contribution in [3.8, 4) is 0 Å². The van der Waals surface area contributed by atoms with Crippen molar-refractivity contribution >= 4 is 17.9 Å². The number of rotatable bonds is 42. The van der Waals surface area contributed by atoms with Gasteiger partial charge in [-0.1, -0.05) is 201 Å².